The molecule has 266 valence electrons. The number of aromatic hydroxyl groups is 3. The minimum atomic E-state index is -0.166. The number of quaternary nitrogens is 1. The summed E-state index contributed by atoms with van der Waals surface area (Å²) in [6.07, 6.45) is 2.37. The second-order valence-corrected chi connectivity index (χ2v) is 13.2. The maximum Gasteiger partial charge on any atom is 0.143 e. The minimum Gasteiger partial charge on any atom is -0.872 e. The first-order valence-corrected chi connectivity index (χ1v) is 18.1. The molecule has 3 N–H and O–H groups in total. The Morgan fingerprint density at radius 2 is 0.698 bits per heavy atom. The molecule has 0 aliphatic carbocycles. The summed E-state index contributed by atoms with van der Waals surface area (Å²) in [6, 6.07) is 60.5. The molecule has 7 rings (SSSR count). The van der Waals surface area contributed by atoms with Crippen molar-refractivity contribution in [3.05, 3.63) is 210 Å². The summed E-state index contributed by atoms with van der Waals surface area (Å²) in [5, 5.41) is 41.1. The van der Waals surface area contributed by atoms with Gasteiger partial charge in [0.15, 0.2) is 0 Å². The fourth-order valence-corrected chi connectivity index (χ4v) is 7.15. The Hall–Kier alpha value is -6.30. The van der Waals surface area contributed by atoms with Crippen molar-refractivity contribution in [3.8, 4) is 23.0 Å². The Labute approximate surface area is 312 Å². The standard InChI is InChI=1S/C26H22O4.C22H24N/c27-21-9-1-17(2-10-21)25(18-3-11-22(28)12-4-18)26(19-5-13-23(29)14-6-19)20-7-15-24(30)16-8-20;1-2-3-19-23(20-13-7-4-8-14-20,21-15-9-5-10-16-21)22-17-11-6-12-18-22/h1-16,25-30H;4-18H,2-3,19H2,1H3/q;+1/p-1. The Kier molecular flexibility index (Phi) is 11.9. The zero-order valence-corrected chi connectivity index (χ0v) is 29.9. The van der Waals surface area contributed by atoms with Crippen molar-refractivity contribution >= 4 is 17.1 Å². The van der Waals surface area contributed by atoms with Crippen LogP contribution in [-0.4, -0.2) is 21.9 Å². The molecule has 7 aromatic carbocycles. The number of hydrogen-bond donors (Lipinski definition) is 3. The normalized spacial score (nSPS) is 11.7. The lowest BCUT2D eigenvalue weighted by Crippen LogP contribution is -2.39. The molecule has 0 saturated carbocycles. The van der Waals surface area contributed by atoms with E-state index in [0.29, 0.717) is 0 Å². The summed E-state index contributed by atoms with van der Waals surface area (Å²) in [7, 11) is 0. The Bertz CT molecular complexity index is 1840. The van der Waals surface area contributed by atoms with Crippen molar-refractivity contribution in [3.63, 3.8) is 0 Å². The average molecular weight is 700 g/mol. The molecule has 5 nitrogen and oxygen atoms in total. The van der Waals surface area contributed by atoms with Gasteiger partial charge in [-0.2, -0.15) is 0 Å². The zero-order valence-electron chi connectivity index (χ0n) is 29.9. The van der Waals surface area contributed by atoms with Gasteiger partial charge in [0.25, 0.3) is 0 Å². The van der Waals surface area contributed by atoms with Crippen molar-refractivity contribution < 1.29 is 20.4 Å². The summed E-state index contributed by atoms with van der Waals surface area (Å²) < 4.78 is 0.774. The van der Waals surface area contributed by atoms with Gasteiger partial charge in [0.1, 0.15) is 34.3 Å². The van der Waals surface area contributed by atoms with Gasteiger partial charge in [-0.25, -0.2) is 4.48 Å². The van der Waals surface area contributed by atoms with Gasteiger partial charge in [0.2, 0.25) is 0 Å². The van der Waals surface area contributed by atoms with Crippen LogP contribution >= 0.6 is 0 Å². The number of unbranched alkanes of at least 4 members (excludes halogenated alkanes) is 1. The lowest BCUT2D eigenvalue weighted by Gasteiger charge is -2.37. The molecule has 0 aliphatic rings. The molecule has 0 heterocycles. The molecule has 53 heavy (non-hydrogen) atoms. The molecule has 0 aliphatic heterocycles. The number of phenols is 3. The molecule has 5 heteroatoms. The van der Waals surface area contributed by atoms with Crippen LogP contribution in [0.4, 0.5) is 17.1 Å². The monoisotopic (exact) mass is 699 g/mol. The van der Waals surface area contributed by atoms with Crippen molar-refractivity contribution in [1.82, 2.24) is 4.48 Å². The van der Waals surface area contributed by atoms with Gasteiger partial charge >= 0.3 is 0 Å². The molecule has 0 aromatic heterocycles. The SMILES string of the molecule is CCCC[N+](c1ccccc1)(c1ccccc1)c1ccccc1.[O-]c1ccc(C(c2ccc(O)cc2)C(c2ccc(O)cc2)c2ccc(O)cc2)cc1. The molecule has 0 radical (unpaired) electrons. The van der Waals surface area contributed by atoms with Gasteiger partial charge in [0, 0.05) is 11.8 Å². The van der Waals surface area contributed by atoms with Gasteiger partial charge in [-0.1, -0.05) is 129 Å². The summed E-state index contributed by atoms with van der Waals surface area (Å²) in [5.41, 5.74) is 7.82. The van der Waals surface area contributed by atoms with E-state index in [1.165, 1.54) is 29.9 Å². The molecule has 0 amide bonds. The van der Waals surface area contributed by atoms with E-state index in [2.05, 4.69) is 97.9 Å². The summed E-state index contributed by atoms with van der Waals surface area (Å²) in [6.45, 7) is 3.32. The Morgan fingerprint density at radius 1 is 0.415 bits per heavy atom. The van der Waals surface area contributed by atoms with Crippen LogP contribution in [0.2, 0.25) is 0 Å². The largest absolute Gasteiger partial charge is 0.872 e. The number of nitrogens with zero attached hydrogens (tertiary/aromatic N) is 1. The molecule has 0 bridgehead atoms. The molecular weight excluding hydrogens is 655 g/mol. The van der Waals surface area contributed by atoms with Crippen LogP contribution in [0.3, 0.4) is 0 Å². The van der Waals surface area contributed by atoms with Crippen LogP contribution < -0.4 is 9.59 Å². The van der Waals surface area contributed by atoms with Crippen molar-refractivity contribution in [2.45, 2.75) is 31.6 Å². The highest BCUT2D eigenvalue weighted by Gasteiger charge is 2.35. The highest BCUT2D eigenvalue weighted by molar-refractivity contribution is 5.70. The number of phenolic OH excluding ortho intramolecular Hbond substituents is 3. The van der Waals surface area contributed by atoms with E-state index in [1.807, 2.05) is 48.5 Å². The number of hydrogen-bond acceptors (Lipinski definition) is 4. The van der Waals surface area contributed by atoms with Gasteiger partial charge in [-0.05, 0) is 101 Å². The highest BCUT2D eigenvalue weighted by Crippen LogP contribution is 2.45. The maximum atomic E-state index is 11.7. The van der Waals surface area contributed by atoms with Gasteiger partial charge in [-0.3, -0.25) is 0 Å². The fourth-order valence-electron chi connectivity index (χ4n) is 7.15. The molecule has 1 atom stereocenters. The second-order valence-electron chi connectivity index (χ2n) is 13.2. The Balaban J connectivity index is 0.000000188. The first-order chi connectivity index (χ1) is 25.9. The quantitative estimate of drug-likeness (QED) is 0.117. The average Bonchev–Trinajstić information content (AvgIpc) is 3.21. The third kappa shape index (κ3) is 8.61. The lowest BCUT2D eigenvalue weighted by atomic mass is 9.73. The van der Waals surface area contributed by atoms with E-state index in [9.17, 15) is 20.4 Å². The highest BCUT2D eigenvalue weighted by atomic mass is 16.3. The minimum absolute atomic E-state index is 0.0611. The van der Waals surface area contributed by atoms with Crippen molar-refractivity contribution in [1.29, 1.82) is 0 Å². The first kappa shape index (κ1) is 36.5. The smallest absolute Gasteiger partial charge is 0.143 e. The third-order valence-electron chi connectivity index (χ3n) is 9.77. The van der Waals surface area contributed by atoms with Crippen LogP contribution in [-0.2, 0) is 0 Å². The van der Waals surface area contributed by atoms with Crippen LogP contribution in [0.5, 0.6) is 23.0 Å². The molecule has 1 unspecified atom stereocenters. The van der Waals surface area contributed by atoms with E-state index in [0.717, 1.165) is 33.3 Å². The summed E-state index contributed by atoms with van der Waals surface area (Å²) >= 11 is 0. The van der Waals surface area contributed by atoms with Crippen molar-refractivity contribution in [2.24, 2.45) is 0 Å². The molecule has 7 aromatic rings. The van der Waals surface area contributed by atoms with Gasteiger partial charge in [-0.15, -0.1) is 5.75 Å². The summed E-state index contributed by atoms with van der Waals surface area (Å²) in [5.74, 6) is 0.154. The fraction of sp³-hybridized carbons (Fsp3) is 0.125. The first-order valence-electron chi connectivity index (χ1n) is 18.1. The summed E-state index contributed by atoms with van der Waals surface area (Å²) in [4.78, 5) is 0. The van der Waals surface area contributed by atoms with E-state index in [4.69, 9.17) is 0 Å². The molecular formula is C48H45NO4. The van der Waals surface area contributed by atoms with Crippen molar-refractivity contribution in [2.75, 3.05) is 6.54 Å². The second kappa shape index (κ2) is 17.3. The molecule has 0 fully saturated rings. The predicted octanol–water partition coefficient (Wildman–Crippen LogP) is 11.3. The van der Waals surface area contributed by atoms with Gasteiger partial charge in [0.05, 0.1) is 6.54 Å². The number of rotatable bonds is 11. The zero-order chi connectivity index (χ0) is 37.0. The number of benzene rings is 7. The number of para-hydroxylation sites is 3. The maximum absolute atomic E-state index is 11.7. The van der Waals surface area contributed by atoms with E-state index < -0.39 is 0 Å². The molecule has 0 saturated heterocycles. The predicted molar refractivity (Wildman–Crippen MR) is 214 cm³/mol. The lowest BCUT2D eigenvalue weighted by molar-refractivity contribution is -0.268. The van der Waals surface area contributed by atoms with Gasteiger partial charge < -0.3 is 20.4 Å². The third-order valence-corrected chi connectivity index (χ3v) is 9.77. The van der Waals surface area contributed by atoms with Crippen LogP contribution in [0.15, 0.2) is 188 Å². The Morgan fingerprint density at radius 3 is 0.981 bits per heavy atom. The van der Waals surface area contributed by atoms with Crippen LogP contribution in [0.1, 0.15) is 53.9 Å². The van der Waals surface area contributed by atoms with Crippen LogP contribution in [0, 0.1) is 0 Å². The van der Waals surface area contributed by atoms with E-state index in [1.54, 1.807) is 48.5 Å². The molecule has 0 spiro atoms. The topological polar surface area (TPSA) is 83.8 Å². The van der Waals surface area contributed by atoms with E-state index in [-0.39, 0.29) is 34.8 Å². The van der Waals surface area contributed by atoms with Crippen LogP contribution in [0.25, 0.3) is 0 Å². The van der Waals surface area contributed by atoms with E-state index >= 15 is 0 Å².